The van der Waals surface area contributed by atoms with Gasteiger partial charge in [-0.1, -0.05) is 0 Å². The molecule has 1 aromatic carbocycles. The lowest BCUT2D eigenvalue weighted by Crippen LogP contribution is -2.16. The first-order valence-corrected chi connectivity index (χ1v) is 5.90. The van der Waals surface area contributed by atoms with Gasteiger partial charge in [0.05, 0.1) is 24.0 Å². The Bertz CT molecular complexity index is 558. The third kappa shape index (κ3) is 4.27. The molecule has 106 valence electrons. The van der Waals surface area contributed by atoms with Crippen LogP contribution in [0.25, 0.3) is 0 Å². The Morgan fingerprint density at radius 2 is 1.65 bits per heavy atom. The Labute approximate surface area is 117 Å². The Morgan fingerprint density at radius 3 is 2.15 bits per heavy atom. The second-order valence-corrected chi connectivity index (χ2v) is 3.87. The molecule has 1 aromatic heterocycles. The number of rotatable bonds is 4. The average Bonchev–Trinajstić information content (AvgIpc) is 2.40. The van der Waals surface area contributed by atoms with Crippen LogP contribution in [0.15, 0.2) is 36.7 Å². The third-order valence-corrected chi connectivity index (χ3v) is 2.37. The summed E-state index contributed by atoms with van der Waals surface area (Å²) in [5.41, 5.74) is 0.591. The quantitative estimate of drug-likeness (QED) is 0.803. The molecule has 2 aromatic rings. The van der Waals surface area contributed by atoms with Crippen molar-refractivity contribution in [3.63, 3.8) is 0 Å². The van der Waals surface area contributed by atoms with Crippen LogP contribution >= 0.6 is 11.6 Å². The van der Waals surface area contributed by atoms with E-state index in [9.17, 15) is 13.2 Å². The molecular formula is C12H8ClF3N2O2. The summed E-state index contributed by atoms with van der Waals surface area (Å²) >= 11 is 5.56. The largest absolute Gasteiger partial charge is 0.573 e. The number of halogens is 4. The lowest BCUT2D eigenvalue weighted by atomic mass is 10.3. The van der Waals surface area contributed by atoms with Gasteiger partial charge >= 0.3 is 6.36 Å². The first kappa shape index (κ1) is 14.4. The molecule has 0 spiro atoms. The van der Waals surface area contributed by atoms with Crippen molar-refractivity contribution in [3.05, 3.63) is 42.4 Å². The smallest absolute Gasteiger partial charge is 0.438 e. The number of alkyl halides is 4. The van der Waals surface area contributed by atoms with Crippen LogP contribution < -0.4 is 9.47 Å². The van der Waals surface area contributed by atoms with Crippen molar-refractivity contribution in [2.45, 2.75) is 12.2 Å². The van der Waals surface area contributed by atoms with Crippen LogP contribution in [0.5, 0.6) is 17.4 Å². The monoisotopic (exact) mass is 304 g/mol. The average molecular weight is 305 g/mol. The molecule has 2 rings (SSSR count). The van der Waals surface area contributed by atoms with E-state index in [0.717, 1.165) is 12.1 Å². The zero-order valence-corrected chi connectivity index (χ0v) is 10.6. The number of hydrogen-bond acceptors (Lipinski definition) is 4. The van der Waals surface area contributed by atoms with Crippen molar-refractivity contribution in [2.75, 3.05) is 0 Å². The van der Waals surface area contributed by atoms with Crippen molar-refractivity contribution in [2.24, 2.45) is 0 Å². The van der Waals surface area contributed by atoms with E-state index in [1.54, 1.807) is 0 Å². The van der Waals surface area contributed by atoms with Crippen molar-refractivity contribution in [1.82, 2.24) is 9.97 Å². The van der Waals surface area contributed by atoms with Crippen molar-refractivity contribution in [1.29, 1.82) is 0 Å². The number of benzene rings is 1. The van der Waals surface area contributed by atoms with Crippen molar-refractivity contribution < 1.29 is 22.6 Å². The number of nitrogens with zero attached hydrogens (tertiary/aromatic N) is 2. The fourth-order valence-corrected chi connectivity index (χ4v) is 1.43. The molecule has 0 N–H and O–H groups in total. The summed E-state index contributed by atoms with van der Waals surface area (Å²) in [4.78, 5) is 7.91. The molecule has 0 amide bonds. The molecule has 0 aliphatic carbocycles. The SMILES string of the molecule is FC(F)(F)Oc1ccc(Oc2cnc(CCl)cn2)cc1. The van der Waals surface area contributed by atoms with Gasteiger partial charge in [-0.2, -0.15) is 0 Å². The molecule has 0 aliphatic heterocycles. The van der Waals surface area contributed by atoms with E-state index in [0.29, 0.717) is 11.4 Å². The molecule has 8 heteroatoms. The predicted molar refractivity (Wildman–Crippen MR) is 64.8 cm³/mol. The van der Waals surface area contributed by atoms with E-state index in [-0.39, 0.29) is 17.5 Å². The molecule has 4 nitrogen and oxygen atoms in total. The van der Waals surface area contributed by atoms with Gasteiger partial charge in [-0.15, -0.1) is 24.8 Å². The Hall–Kier alpha value is -2.02. The van der Waals surface area contributed by atoms with Crippen LogP contribution in [0.2, 0.25) is 0 Å². The van der Waals surface area contributed by atoms with Gasteiger partial charge in [0.2, 0.25) is 5.88 Å². The van der Waals surface area contributed by atoms with Crippen LogP contribution in [0.4, 0.5) is 13.2 Å². The summed E-state index contributed by atoms with van der Waals surface area (Å²) < 4.78 is 45.0. The molecule has 0 saturated carbocycles. The van der Waals surface area contributed by atoms with Crippen LogP contribution in [0.1, 0.15) is 5.69 Å². The molecule has 0 fully saturated rings. The van der Waals surface area contributed by atoms with E-state index in [1.807, 2.05) is 0 Å². The number of aromatic nitrogens is 2. The molecule has 0 radical (unpaired) electrons. The van der Waals surface area contributed by atoms with Crippen molar-refractivity contribution >= 4 is 11.6 Å². The first-order chi connectivity index (χ1) is 9.46. The normalized spacial score (nSPS) is 11.2. The van der Waals surface area contributed by atoms with Crippen LogP contribution in [0.3, 0.4) is 0 Å². The maximum absolute atomic E-state index is 12.0. The maximum atomic E-state index is 12.0. The summed E-state index contributed by atoms with van der Waals surface area (Å²) in [6.45, 7) is 0. The minimum absolute atomic E-state index is 0.211. The number of ether oxygens (including phenoxy) is 2. The lowest BCUT2D eigenvalue weighted by molar-refractivity contribution is -0.274. The molecule has 0 unspecified atom stereocenters. The van der Waals surface area contributed by atoms with Crippen LogP contribution in [-0.2, 0) is 5.88 Å². The van der Waals surface area contributed by atoms with Gasteiger partial charge in [0.15, 0.2) is 0 Å². The second-order valence-electron chi connectivity index (χ2n) is 3.60. The highest BCUT2D eigenvalue weighted by molar-refractivity contribution is 6.16. The fraction of sp³-hybridized carbons (Fsp3) is 0.167. The zero-order valence-electron chi connectivity index (χ0n) is 9.89. The lowest BCUT2D eigenvalue weighted by Gasteiger charge is -2.09. The van der Waals surface area contributed by atoms with Gasteiger partial charge in [0.1, 0.15) is 11.5 Å². The standard InChI is InChI=1S/C12H8ClF3N2O2/c13-5-8-6-18-11(7-17-8)19-9-1-3-10(4-2-9)20-12(14,15)16/h1-4,6-7H,5H2. The molecular weight excluding hydrogens is 297 g/mol. The van der Waals surface area contributed by atoms with E-state index in [1.165, 1.54) is 24.5 Å². The van der Waals surface area contributed by atoms with Crippen molar-refractivity contribution in [3.8, 4) is 17.4 Å². The zero-order chi connectivity index (χ0) is 14.6. The first-order valence-electron chi connectivity index (χ1n) is 5.37. The van der Waals surface area contributed by atoms with Gasteiger partial charge in [-0.25, -0.2) is 4.98 Å². The molecule has 0 bridgehead atoms. The molecule has 1 heterocycles. The fourth-order valence-electron chi connectivity index (χ4n) is 1.29. The molecule has 0 aliphatic rings. The highest BCUT2D eigenvalue weighted by Gasteiger charge is 2.30. The Balaban J connectivity index is 2.02. The van der Waals surface area contributed by atoms with Gasteiger partial charge in [-0.3, -0.25) is 4.98 Å². The summed E-state index contributed by atoms with van der Waals surface area (Å²) in [5.74, 6) is 0.431. The highest BCUT2D eigenvalue weighted by Crippen LogP contribution is 2.26. The number of hydrogen-bond donors (Lipinski definition) is 0. The van der Waals surface area contributed by atoms with E-state index in [2.05, 4.69) is 14.7 Å². The van der Waals surface area contributed by atoms with Gasteiger partial charge in [0.25, 0.3) is 0 Å². The maximum Gasteiger partial charge on any atom is 0.573 e. The van der Waals surface area contributed by atoms with Gasteiger partial charge in [-0.05, 0) is 24.3 Å². The minimum Gasteiger partial charge on any atom is -0.438 e. The summed E-state index contributed by atoms with van der Waals surface area (Å²) in [7, 11) is 0. The molecule has 20 heavy (non-hydrogen) atoms. The van der Waals surface area contributed by atoms with E-state index < -0.39 is 6.36 Å². The van der Waals surface area contributed by atoms with Crippen LogP contribution in [-0.4, -0.2) is 16.3 Å². The van der Waals surface area contributed by atoms with E-state index in [4.69, 9.17) is 16.3 Å². The van der Waals surface area contributed by atoms with Gasteiger partial charge < -0.3 is 9.47 Å². The molecule has 0 atom stereocenters. The summed E-state index contributed by atoms with van der Waals surface area (Å²) in [5, 5.41) is 0. The highest BCUT2D eigenvalue weighted by atomic mass is 35.5. The predicted octanol–water partition coefficient (Wildman–Crippen LogP) is 3.91. The summed E-state index contributed by atoms with van der Waals surface area (Å²) in [6.07, 6.45) is -1.90. The Morgan fingerprint density at radius 1 is 1.00 bits per heavy atom. The van der Waals surface area contributed by atoms with Crippen LogP contribution in [0, 0.1) is 0 Å². The minimum atomic E-state index is -4.72. The Kier molecular flexibility index (Phi) is 4.29. The van der Waals surface area contributed by atoms with Gasteiger partial charge in [0, 0.05) is 0 Å². The summed E-state index contributed by atoms with van der Waals surface area (Å²) in [6, 6.07) is 4.95. The third-order valence-electron chi connectivity index (χ3n) is 2.10. The second kappa shape index (κ2) is 5.96. The topological polar surface area (TPSA) is 44.2 Å². The molecule has 0 saturated heterocycles. The van der Waals surface area contributed by atoms with E-state index >= 15 is 0 Å².